The first-order valence-corrected chi connectivity index (χ1v) is 14.6. The Hall–Kier alpha value is -3.23. The maximum absolute atomic E-state index is 13.6. The van der Waals surface area contributed by atoms with Crippen molar-refractivity contribution in [1.82, 2.24) is 5.32 Å². The molecular formula is C29H34ClN3O4S. The van der Waals surface area contributed by atoms with Crippen LogP contribution in [0.5, 0.6) is 5.75 Å². The van der Waals surface area contributed by atoms with Crippen molar-refractivity contribution in [2.45, 2.75) is 37.6 Å². The van der Waals surface area contributed by atoms with Crippen LogP contribution < -0.4 is 19.3 Å². The lowest BCUT2D eigenvalue weighted by molar-refractivity contribution is -0.120. The number of nitrogens with zero attached hydrogens (tertiary/aromatic N) is 2. The molecule has 1 aliphatic heterocycles. The van der Waals surface area contributed by atoms with Gasteiger partial charge in [0.2, 0.25) is 5.91 Å². The summed E-state index contributed by atoms with van der Waals surface area (Å²) < 4.78 is 33.4. The van der Waals surface area contributed by atoms with E-state index in [-0.39, 0.29) is 10.9 Å². The number of sulfonamides is 1. The standard InChI is InChI=1S/C29H34ClN3O4S/c1-21-15-17-32(18-16-21)25-9-7-23(8-10-25)22(2)31-29(34)20-33(26-6-4-5-24(30)19-26)38(35,36)28-13-11-27(37-3)12-14-28/h4-14,19,21-22H,15-18,20H2,1-3H3,(H,31,34). The van der Waals surface area contributed by atoms with Gasteiger partial charge in [-0.3, -0.25) is 9.10 Å². The van der Waals surface area contributed by atoms with Crippen molar-refractivity contribution in [3.8, 4) is 5.75 Å². The number of halogens is 1. The smallest absolute Gasteiger partial charge is 0.264 e. The van der Waals surface area contributed by atoms with E-state index in [0.29, 0.717) is 16.5 Å². The molecule has 9 heteroatoms. The van der Waals surface area contributed by atoms with Crippen LogP contribution in [0.3, 0.4) is 0 Å². The van der Waals surface area contributed by atoms with Crippen LogP contribution in [-0.4, -0.2) is 41.1 Å². The van der Waals surface area contributed by atoms with E-state index in [0.717, 1.165) is 28.9 Å². The molecule has 0 aliphatic carbocycles. The van der Waals surface area contributed by atoms with Crippen molar-refractivity contribution in [2.75, 3.05) is 35.9 Å². The van der Waals surface area contributed by atoms with Gasteiger partial charge in [-0.25, -0.2) is 8.42 Å². The van der Waals surface area contributed by atoms with Crippen LogP contribution in [0.1, 0.15) is 38.3 Å². The van der Waals surface area contributed by atoms with Crippen molar-refractivity contribution in [3.05, 3.63) is 83.4 Å². The summed E-state index contributed by atoms with van der Waals surface area (Å²) in [6, 6.07) is 20.4. The largest absolute Gasteiger partial charge is 0.497 e. The molecule has 3 aromatic rings. The summed E-state index contributed by atoms with van der Waals surface area (Å²) in [7, 11) is -2.55. The maximum atomic E-state index is 13.6. The summed E-state index contributed by atoms with van der Waals surface area (Å²) in [5.41, 5.74) is 2.42. The molecule has 7 nitrogen and oxygen atoms in total. The van der Waals surface area contributed by atoms with Gasteiger partial charge in [-0.1, -0.05) is 36.7 Å². The van der Waals surface area contributed by atoms with Crippen LogP contribution >= 0.6 is 11.6 Å². The van der Waals surface area contributed by atoms with E-state index in [1.54, 1.807) is 30.3 Å². The zero-order valence-electron chi connectivity index (χ0n) is 21.9. The highest BCUT2D eigenvalue weighted by Crippen LogP contribution is 2.28. The molecule has 0 radical (unpaired) electrons. The van der Waals surface area contributed by atoms with E-state index in [1.165, 1.54) is 43.8 Å². The number of anilines is 2. The van der Waals surface area contributed by atoms with E-state index in [9.17, 15) is 13.2 Å². The molecule has 0 aromatic heterocycles. The molecule has 1 amide bonds. The Balaban J connectivity index is 1.49. The van der Waals surface area contributed by atoms with Crippen LogP contribution in [0.4, 0.5) is 11.4 Å². The number of carbonyl (C=O) groups excluding carboxylic acids is 1. The monoisotopic (exact) mass is 555 g/mol. The Bertz CT molecular complexity index is 1340. The second-order valence-corrected chi connectivity index (χ2v) is 12.0. The highest BCUT2D eigenvalue weighted by atomic mass is 35.5. The Kier molecular flexibility index (Phi) is 8.84. The third-order valence-corrected chi connectivity index (χ3v) is 8.97. The van der Waals surface area contributed by atoms with E-state index in [1.807, 2.05) is 19.1 Å². The molecule has 1 fully saturated rings. The second-order valence-electron chi connectivity index (χ2n) is 9.72. The van der Waals surface area contributed by atoms with E-state index < -0.39 is 22.5 Å². The Morgan fingerprint density at radius 3 is 2.34 bits per heavy atom. The highest BCUT2D eigenvalue weighted by molar-refractivity contribution is 7.92. The number of methoxy groups -OCH3 is 1. The quantitative estimate of drug-likeness (QED) is 0.369. The fraction of sp³-hybridized carbons (Fsp3) is 0.345. The summed E-state index contributed by atoms with van der Waals surface area (Å²) in [6.07, 6.45) is 2.38. The zero-order valence-corrected chi connectivity index (χ0v) is 23.5. The van der Waals surface area contributed by atoms with E-state index in [4.69, 9.17) is 16.3 Å². The molecule has 1 unspecified atom stereocenters. The van der Waals surface area contributed by atoms with Crippen molar-refractivity contribution < 1.29 is 17.9 Å². The first-order valence-electron chi connectivity index (χ1n) is 12.7. The molecule has 202 valence electrons. The molecular weight excluding hydrogens is 522 g/mol. The van der Waals surface area contributed by atoms with Crippen LogP contribution in [0.25, 0.3) is 0 Å². The fourth-order valence-electron chi connectivity index (χ4n) is 4.56. The normalized spacial score (nSPS) is 15.1. The first-order chi connectivity index (χ1) is 18.2. The molecule has 3 aromatic carbocycles. The molecule has 1 N–H and O–H groups in total. The Morgan fingerprint density at radius 2 is 1.74 bits per heavy atom. The zero-order chi connectivity index (χ0) is 27.3. The van der Waals surface area contributed by atoms with Gasteiger partial charge in [-0.2, -0.15) is 0 Å². The van der Waals surface area contributed by atoms with Crippen LogP contribution in [-0.2, 0) is 14.8 Å². The first kappa shape index (κ1) is 27.8. The van der Waals surface area contributed by atoms with Gasteiger partial charge in [0.1, 0.15) is 12.3 Å². The van der Waals surface area contributed by atoms with Crippen LogP contribution in [0, 0.1) is 5.92 Å². The van der Waals surface area contributed by atoms with Gasteiger partial charge in [-0.05, 0) is 85.8 Å². The number of hydrogen-bond acceptors (Lipinski definition) is 5. The molecule has 38 heavy (non-hydrogen) atoms. The summed E-state index contributed by atoms with van der Waals surface area (Å²) in [4.78, 5) is 15.6. The van der Waals surface area contributed by atoms with Crippen molar-refractivity contribution in [3.63, 3.8) is 0 Å². The Labute approximate surface area is 230 Å². The number of carbonyl (C=O) groups is 1. The topological polar surface area (TPSA) is 79.0 Å². The number of benzene rings is 3. The minimum absolute atomic E-state index is 0.0434. The molecule has 4 rings (SSSR count). The third-order valence-electron chi connectivity index (χ3n) is 6.95. The predicted octanol–water partition coefficient (Wildman–Crippen LogP) is 5.66. The van der Waals surface area contributed by atoms with Crippen molar-refractivity contribution >= 4 is 38.9 Å². The van der Waals surface area contributed by atoms with Crippen LogP contribution in [0.15, 0.2) is 77.7 Å². The molecule has 1 heterocycles. The summed E-state index contributed by atoms with van der Waals surface area (Å²) >= 11 is 6.16. The minimum Gasteiger partial charge on any atom is -0.497 e. The SMILES string of the molecule is COc1ccc(S(=O)(=O)N(CC(=O)NC(C)c2ccc(N3CCC(C)CC3)cc2)c2cccc(Cl)c2)cc1. The van der Waals surface area contributed by atoms with Gasteiger partial charge >= 0.3 is 0 Å². The summed E-state index contributed by atoms with van der Waals surface area (Å²) in [5.74, 6) is 0.870. The lowest BCUT2D eigenvalue weighted by atomic mass is 9.98. The molecule has 1 aliphatic rings. The van der Waals surface area contributed by atoms with Gasteiger partial charge in [0.05, 0.1) is 23.7 Å². The van der Waals surface area contributed by atoms with Crippen LogP contribution in [0.2, 0.25) is 5.02 Å². The highest BCUT2D eigenvalue weighted by Gasteiger charge is 2.28. The van der Waals surface area contributed by atoms with E-state index in [2.05, 4.69) is 29.3 Å². The predicted molar refractivity (Wildman–Crippen MR) is 153 cm³/mol. The second kappa shape index (κ2) is 12.1. The molecule has 1 atom stereocenters. The maximum Gasteiger partial charge on any atom is 0.264 e. The van der Waals surface area contributed by atoms with Gasteiger partial charge in [-0.15, -0.1) is 0 Å². The molecule has 0 spiro atoms. The van der Waals surface area contributed by atoms with Crippen molar-refractivity contribution in [2.24, 2.45) is 5.92 Å². The lowest BCUT2D eigenvalue weighted by Crippen LogP contribution is -2.41. The van der Waals surface area contributed by atoms with Gasteiger partial charge in [0.15, 0.2) is 0 Å². The molecule has 0 saturated carbocycles. The molecule has 1 saturated heterocycles. The number of piperidine rings is 1. The number of amides is 1. The average Bonchev–Trinajstić information content (AvgIpc) is 2.92. The van der Waals surface area contributed by atoms with Gasteiger partial charge < -0.3 is 15.0 Å². The number of nitrogens with one attached hydrogen (secondary N) is 1. The summed E-state index contributed by atoms with van der Waals surface area (Å²) in [5, 5.41) is 3.32. The number of rotatable bonds is 9. The minimum atomic E-state index is -4.06. The molecule has 0 bridgehead atoms. The average molecular weight is 556 g/mol. The fourth-order valence-corrected chi connectivity index (χ4v) is 6.16. The number of hydrogen-bond donors (Lipinski definition) is 1. The Morgan fingerprint density at radius 1 is 1.08 bits per heavy atom. The number of ether oxygens (including phenoxy) is 1. The van der Waals surface area contributed by atoms with Crippen molar-refractivity contribution in [1.29, 1.82) is 0 Å². The third kappa shape index (κ3) is 6.60. The van der Waals surface area contributed by atoms with Gasteiger partial charge in [0, 0.05) is 23.8 Å². The lowest BCUT2D eigenvalue weighted by Gasteiger charge is -2.32. The summed E-state index contributed by atoms with van der Waals surface area (Å²) in [6.45, 7) is 5.88. The van der Waals surface area contributed by atoms with Gasteiger partial charge in [0.25, 0.3) is 10.0 Å². The van der Waals surface area contributed by atoms with E-state index >= 15 is 0 Å².